The molecule has 3 aromatic carbocycles. The van der Waals surface area contributed by atoms with Crippen LogP contribution in [0.15, 0.2) is 83.8 Å². The Morgan fingerprint density at radius 2 is 1.53 bits per heavy atom. The molecule has 1 saturated heterocycles. The second-order valence-electron chi connectivity index (χ2n) is 8.30. The first-order valence-electron chi connectivity index (χ1n) is 11.4. The molecule has 3 aromatic rings. The first-order chi connectivity index (χ1) is 16.7. The molecule has 180 valence electrons. The van der Waals surface area contributed by atoms with Crippen molar-refractivity contribution in [2.24, 2.45) is 0 Å². The Balaban J connectivity index is 1.45. The largest absolute Gasteiger partial charge is 0.497 e. The van der Waals surface area contributed by atoms with E-state index in [1.54, 1.807) is 26.0 Å². The van der Waals surface area contributed by atoms with Gasteiger partial charge in [0, 0.05) is 12.0 Å². The summed E-state index contributed by atoms with van der Waals surface area (Å²) in [6.45, 7) is 3.54. The van der Waals surface area contributed by atoms with Crippen molar-refractivity contribution in [2.75, 3.05) is 20.8 Å². The molecule has 4 atom stereocenters. The maximum Gasteiger partial charge on any atom is 0.185 e. The average molecular weight is 481 g/mol. The van der Waals surface area contributed by atoms with E-state index in [0.717, 1.165) is 16.9 Å². The maximum absolute atomic E-state index is 6.38. The number of methoxy groups -OCH3 is 2. The van der Waals surface area contributed by atoms with Crippen molar-refractivity contribution < 1.29 is 23.7 Å². The second-order valence-corrected chi connectivity index (χ2v) is 9.55. The number of hydrogen-bond acceptors (Lipinski definition) is 6. The van der Waals surface area contributed by atoms with Crippen LogP contribution in [-0.2, 0) is 32.2 Å². The van der Waals surface area contributed by atoms with Crippen molar-refractivity contribution in [1.29, 1.82) is 0 Å². The molecule has 0 saturated carbocycles. The van der Waals surface area contributed by atoms with Crippen molar-refractivity contribution in [3.05, 3.63) is 95.6 Å². The third-order valence-corrected chi connectivity index (χ3v) is 7.18. The van der Waals surface area contributed by atoms with Gasteiger partial charge in [-0.25, -0.2) is 0 Å². The van der Waals surface area contributed by atoms with Gasteiger partial charge in [-0.3, -0.25) is 0 Å². The van der Waals surface area contributed by atoms with Gasteiger partial charge in [0.2, 0.25) is 0 Å². The van der Waals surface area contributed by atoms with Gasteiger partial charge in [-0.1, -0.05) is 60.2 Å². The Morgan fingerprint density at radius 3 is 2.21 bits per heavy atom. The zero-order valence-electron chi connectivity index (χ0n) is 19.9. The van der Waals surface area contributed by atoms with Crippen molar-refractivity contribution in [1.82, 2.24) is 0 Å². The molecule has 5 nitrogen and oxygen atoms in total. The number of benzene rings is 3. The summed E-state index contributed by atoms with van der Waals surface area (Å²) in [6, 6.07) is 26.6. The molecule has 4 rings (SSSR count). The zero-order chi connectivity index (χ0) is 23.8. The number of aryl methyl sites for hydroxylation is 1. The van der Waals surface area contributed by atoms with Crippen molar-refractivity contribution >= 4 is 11.8 Å². The minimum atomic E-state index is -0.457. The van der Waals surface area contributed by atoms with Gasteiger partial charge in [0.1, 0.15) is 11.9 Å². The molecule has 0 aliphatic carbocycles. The second kappa shape index (κ2) is 12.4. The fraction of sp³-hybridized carbons (Fsp3) is 0.357. The maximum atomic E-state index is 6.38. The summed E-state index contributed by atoms with van der Waals surface area (Å²) in [5, 5.41) is 0.0206. The lowest BCUT2D eigenvalue weighted by atomic mass is 10.2. The lowest BCUT2D eigenvalue weighted by Crippen LogP contribution is -2.35. The van der Waals surface area contributed by atoms with Gasteiger partial charge >= 0.3 is 0 Å². The molecule has 0 amide bonds. The fourth-order valence-electron chi connectivity index (χ4n) is 3.89. The van der Waals surface area contributed by atoms with Crippen LogP contribution in [0.2, 0.25) is 0 Å². The van der Waals surface area contributed by atoms with Gasteiger partial charge in [0.05, 0.1) is 38.3 Å². The highest BCUT2D eigenvalue weighted by molar-refractivity contribution is 8.00. The van der Waals surface area contributed by atoms with E-state index in [2.05, 4.69) is 43.3 Å². The van der Waals surface area contributed by atoms with Gasteiger partial charge in [-0.15, -0.1) is 11.8 Å². The fourth-order valence-corrected chi connectivity index (χ4v) is 5.13. The van der Waals surface area contributed by atoms with Crippen LogP contribution < -0.4 is 4.74 Å². The van der Waals surface area contributed by atoms with E-state index in [1.165, 1.54) is 10.5 Å². The van der Waals surface area contributed by atoms with Gasteiger partial charge in [0.15, 0.2) is 6.29 Å². The van der Waals surface area contributed by atoms with E-state index in [1.807, 2.05) is 42.5 Å². The number of ether oxygens (including phenoxy) is 5. The third kappa shape index (κ3) is 6.62. The van der Waals surface area contributed by atoms with E-state index in [0.29, 0.717) is 19.8 Å². The van der Waals surface area contributed by atoms with Gasteiger partial charge in [-0.2, -0.15) is 0 Å². The lowest BCUT2D eigenvalue weighted by molar-refractivity contribution is -0.169. The van der Waals surface area contributed by atoms with Crippen LogP contribution in [0.3, 0.4) is 0 Å². The molecular formula is C28H32O5S. The van der Waals surface area contributed by atoms with Crippen LogP contribution in [-0.4, -0.2) is 44.6 Å². The molecule has 34 heavy (non-hydrogen) atoms. The van der Waals surface area contributed by atoms with Crippen LogP contribution in [0, 0.1) is 6.92 Å². The van der Waals surface area contributed by atoms with Crippen LogP contribution in [0.1, 0.15) is 16.7 Å². The zero-order valence-corrected chi connectivity index (χ0v) is 20.7. The molecule has 0 radical (unpaired) electrons. The smallest absolute Gasteiger partial charge is 0.185 e. The van der Waals surface area contributed by atoms with Crippen LogP contribution in [0.4, 0.5) is 0 Å². The molecule has 0 bridgehead atoms. The van der Waals surface area contributed by atoms with Crippen LogP contribution >= 0.6 is 11.8 Å². The lowest BCUT2D eigenvalue weighted by Gasteiger charge is -2.24. The molecule has 0 unspecified atom stereocenters. The molecule has 1 aliphatic rings. The van der Waals surface area contributed by atoms with Gasteiger partial charge < -0.3 is 23.7 Å². The molecule has 0 aromatic heterocycles. The SMILES string of the molecule is COc1ccc(COC[C@H]2O[C@@H](OC)[C@H](OCc3ccccc3)[C@H]2Sc2ccc(C)cc2)cc1. The summed E-state index contributed by atoms with van der Waals surface area (Å²) < 4.78 is 29.7. The van der Waals surface area contributed by atoms with E-state index in [-0.39, 0.29) is 17.5 Å². The van der Waals surface area contributed by atoms with E-state index in [4.69, 9.17) is 23.7 Å². The first-order valence-corrected chi connectivity index (χ1v) is 12.3. The Kier molecular flexibility index (Phi) is 9.02. The molecule has 1 heterocycles. The molecule has 0 N–H and O–H groups in total. The Labute approximate surface area is 206 Å². The molecule has 1 fully saturated rings. The first kappa shape index (κ1) is 24.8. The van der Waals surface area contributed by atoms with Crippen molar-refractivity contribution in [2.45, 2.75) is 48.8 Å². The monoisotopic (exact) mass is 480 g/mol. The van der Waals surface area contributed by atoms with Crippen molar-refractivity contribution in [3.8, 4) is 5.75 Å². The summed E-state index contributed by atoms with van der Waals surface area (Å²) in [4.78, 5) is 1.17. The molecule has 6 heteroatoms. The Morgan fingerprint density at radius 1 is 0.824 bits per heavy atom. The Bertz CT molecular complexity index is 994. The Hall–Kier alpha value is -2.35. The molecule has 0 spiro atoms. The topological polar surface area (TPSA) is 46.2 Å². The summed E-state index contributed by atoms with van der Waals surface area (Å²) in [5.41, 5.74) is 3.44. The minimum Gasteiger partial charge on any atom is -0.497 e. The van der Waals surface area contributed by atoms with Gasteiger partial charge in [0.25, 0.3) is 0 Å². The predicted octanol–water partition coefficient (Wildman–Crippen LogP) is 5.64. The summed E-state index contributed by atoms with van der Waals surface area (Å²) in [7, 11) is 3.33. The molecular weight excluding hydrogens is 448 g/mol. The van der Waals surface area contributed by atoms with E-state index < -0.39 is 6.29 Å². The van der Waals surface area contributed by atoms with Crippen LogP contribution in [0.25, 0.3) is 0 Å². The molecule has 1 aliphatic heterocycles. The normalized spacial score (nSPS) is 22.1. The summed E-state index contributed by atoms with van der Waals surface area (Å²) in [6.07, 6.45) is -0.859. The summed E-state index contributed by atoms with van der Waals surface area (Å²) in [5.74, 6) is 0.832. The van der Waals surface area contributed by atoms with E-state index in [9.17, 15) is 0 Å². The summed E-state index contributed by atoms with van der Waals surface area (Å²) >= 11 is 1.76. The standard InChI is InChI=1S/C28H32O5S/c1-20-9-15-24(16-10-20)34-27-25(19-31-17-22-11-13-23(29-2)14-12-22)33-28(30-3)26(27)32-18-21-7-5-4-6-8-21/h4-16,25-28H,17-19H2,1-3H3/t25-,26-,27+,28-/m1/s1. The van der Waals surface area contributed by atoms with Crippen LogP contribution in [0.5, 0.6) is 5.75 Å². The highest BCUT2D eigenvalue weighted by atomic mass is 32.2. The van der Waals surface area contributed by atoms with E-state index >= 15 is 0 Å². The number of rotatable bonds is 11. The number of thioether (sulfide) groups is 1. The highest BCUT2D eigenvalue weighted by Crippen LogP contribution is 2.38. The minimum absolute atomic E-state index is 0.0206. The average Bonchev–Trinajstić information content (AvgIpc) is 3.21. The van der Waals surface area contributed by atoms with Crippen molar-refractivity contribution in [3.63, 3.8) is 0 Å². The number of hydrogen-bond donors (Lipinski definition) is 0. The highest BCUT2D eigenvalue weighted by Gasteiger charge is 2.46. The third-order valence-electron chi connectivity index (χ3n) is 5.79. The predicted molar refractivity (Wildman–Crippen MR) is 134 cm³/mol. The van der Waals surface area contributed by atoms with Gasteiger partial charge in [-0.05, 0) is 42.3 Å². The quantitative estimate of drug-likeness (QED) is 0.354.